The molecule has 31 heavy (non-hydrogen) atoms. The van der Waals surface area contributed by atoms with Crippen molar-refractivity contribution in [1.82, 2.24) is 9.55 Å². The molecule has 0 bridgehead atoms. The highest BCUT2D eigenvalue weighted by molar-refractivity contribution is 6.35. The number of carboxylic acid groups (broad SMARTS) is 2. The average Bonchev–Trinajstić information content (AvgIpc) is 2.64. The number of carbonyl (C=O) groups is 2. The molecule has 8 nitrogen and oxygen atoms in total. The Balaban J connectivity index is 3.27. The van der Waals surface area contributed by atoms with Gasteiger partial charge >= 0.3 is 17.8 Å². The molecule has 0 unspecified atom stereocenters. The van der Waals surface area contributed by atoms with Crippen LogP contribution in [0.3, 0.4) is 0 Å². The first-order valence-electron chi connectivity index (χ1n) is 8.99. The van der Waals surface area contributed by atoms with Crippen LogP contribution in [0.4, 0.5) is 13.2 Å². The third-order valence-electron chi connectivity index (χ3n) is 4.99. The van der Waals surface area contributed by atoms with E-state index in [9.17, 15) is 42.6 Å². The van der Waals surface area contributed by atoms with Crippen LogP contribution in [-0.4, -0.2) is 26.6 Å². The van der Waals surface area contributed by atoms with E-state index < -0.39 is 68.3 Å². The summed E-state index contributed by atoms with van der Waals surface area (Å²) in [4.78, 5) is 49.7. The van der Waals surface area contributed by atoms with Crippen LogP contribution in [0.15, 0.2) is 15.7 Å². The maximum absolute atomic E-state index is 13.8. The number of halogens is 4. The number of aromatic carboxylic acids is 2. The van der Waals surface area contributed by atoms with E-state index >= 15 is 0 Å². The number of aromatic nitrogens is 2. The van der Waals surface area contributed by atoms with Crippen molar-refractivity contribution >= 4 is 23.5 Å². The van der Waals surface area contributed by atoms with Crippen LogP contribution in [0.5, 0.6) is 0 Å². The van der Waals surface area contributed by atoms with Gasteiger partial charge in [0.15, 0.2) is 0 Å². The molecule has 12 heteroatoms. The number of hydrogen-bond acceptors (Lipinski definition) is 5. The standard InChI is InChI=1S/C19H18ClF3N2O6/c1-4-7(5-2)10-11(17(29)30)8(6-9(13(10)20)16(27)28)12-14(19(21,22)23)25(3)18(31)24-15(12)26/h6-7H,4-5H2,1-3H3,(H,27,28)(H,29,30)(H,24,26,31)/p-1. The number of carboxylic acids is 2. The first-order valence-corrected chi connectivity index (χ1v) is 9.37. The summed E-state index contributed by atoms with van der Waals surface area (Å²) in [6, 6.07) is 0.553. The Labute approximate surface area is 177 Å². The van der Waals surface area contributed by atoms with Gasteiger partial charge in [0, 0.05) is 18.2 Å². The molecule has 2 rings (SSSR count). The zero-order valence-electron chi connectivity index (χ0n) is 16.5. The number of H-pyrrole nitrogens is 1. The molecule has 1 heterocycles. The van der Waals surface area contributed by atoms with Crippen molar-refractivity contribution in [3.8, 4) is 11.1 Å². The van der Waals surface area contributed by atoms with Crippen LogP contribution in [0.2, 0.25) is 5.02 Å². The molecule has 0 fully saturated rings. The Morgan fingerprint density at radius 3 is 2.23 bits per heavy atom. The highest BCUT2D eigenvalue weighted by Gasteiger charge is 2.40. The topological polar surface area (TPSA) is 132 Å². The number of alkyl halides is 3. The largest absolute Gasteiger partial charge is 0.545 e. The van der Waals surface area contributed by atoms with Crippen molar-refractivity contribution in [3.63, 3.8) is 0 Å². The Kier molecular flexibility index (Phi) is 6.69. The number of aromatic amines is 1. The normalized spacial score (nSPS) is 11.7. The molecule has 0 aliphatic carbocycles. The summed E-state index contributed by atoms with van der Waals surface area (Å²) in [6.07, 6.45) is -4.69. The molecule has 0 saturated heterocycles. The molecular weight excluding hydrogens is 445 g/mol. The van der Waals surface area contributed by atoms with Crippen molar-refractivity contribution in [2.45, 2.75) is 38.8 Å². The summed E-state index contributed by atoms with van der Waals surface area (Å²) in [5, 5.41) is 21.0. The maximum Gasteiger partial charge on any atom is 0.432 e. The second-order valence-corrected chi connectivity index (χ2v) is 7.10. The van der Waals surface area contributed by atoms with E-state index in [1.165, 1.54) is 0 Å². The Bertz CT molecular complexity index is 1180. The van der Waals surface area contributed by atoms with Gasteiger partial charge in [-0.3, -0.25) is 14.3 Å². The van der Waals surface area contributed by atoms with Gasteiger partial charge in [-0.1, -0.05) is 25.4 Å². The molecule has 0 aliphatic heterocycles. The lowest BCUT2D eigenvalue weighted by Gasteiger charge is -2.24. The Morgan fingerprint density at radius 2 is 1.81 bits per heavy atom. The first kappa shape index (κ1) is 24.2. The second-order valence-electron chi connectivity index (χ2n) is 6.72. The smallest absolute Gasteiger partial charge is 0.432 e. The molecular formula is C19H17ClF3N2O6-. The second kappa shape index (κ2) is 8.58. The van der Waals surface area contributed by atoms with Gasteiger partial charge in [-0.2, -0.15) is 13.2 Å². The van der Waals surface area contributed by atoms with E-state index in [2.05, 4.69) is 0 Å². The van der Waals surface area contributed by atoms with Gasteiger partial charge in [0.1, 0.15) is 5.69 Å². The Morgan fingerprint density at radius 1 is 1.26 bits per heavy atom. The summed E-state index contributed by atoms with van der Waals surface area (Å²) < 4.78 is 41.5. The molecule has 0 aliphatic rings. The van der Waals surface area contributed by atoms with E-state index in [4.69, 9.17) is 11.6 Å². The van der Waals surface area contributed by atoms with Crippen LogP contribution in [-0.2, 0) is 13.2 Å². The predicted octanol–water partition coefficient (Wildman–Crippen LogP) is 2.38. The zero-order chi connectivity index (χ0) is 23.8. The number of nitrogens with one attached hydrogen (secondary N) is 1. The van der Waals surface area contributed by atoms with Gasteiger partial charge in [0.05, 0.1) is 22.1 Å². The van der Waals surface area contributed by atoms with Gasteiger partial charge in [-0.25, -0.2) is 9.59 Å². The number of hydrogen-bond donors (Lipinski definition) is 2. The summed E-state index contributed by atoms with van der Waals surface area (Å²) >= 11 is 6.14. The van der Waals surface area contributed by atoms with Gasteiger partial charge in [-0.05, 0) is 30.4 Å². The zero-order valence-corrected chi connectivity index (χ0v) is 17.3. The van der Waals surface area contributed by atoms with Crippen molar-refractivity contribution in [2.75, 3.05) is 0 Å². The van der Waals surface area contributed by atoms with Crippen LogP contribution >= 0.6 is 11.6 Å². The van der Waals surface area contributed by atoms with Gasteiger partial charge in [0.25, 0.3) is 5.56 Å². The highest BCUT2D eigenvalue weighted by Crippen LogP contribution is 2.42. The van der Waals surface area contributed by atoms with Crippen LogP contribution < -0.4 is 16.4 Å². The van der Waals surface area contributed by atoms with E-state index in [1.54, 1.807) is 18.8 Å². The van der Waals surface area contributed by atoms with E-state index in [1.807, 2.05) is 0 Å². The number of carbonyl (C=O) groups excluding carboxylic acids is 1. The lowest BCUT2D eigenvalue weighted by molar-refractivity contribution is -0.255. The third-order valence-corrected chi connectivity index (χ3v) is 5.40. The SMILES string of the molecule is CCC(CC)c1c(Cl)c(C(=O)[O-])cc(-c2c(C(F)(F)F)n(C)c(=O)[nH]c2=O)c1C(=O)O. The van der Waals surface area contributed by atoms with Crippen molar-refractivity contribution < 1.29 is 33.0 Å². The fourth-order valence-electron chi connectivity index (χ4n) is 3.54. The molecule has 0 saturated carbocycles. The lowest BCUT2D eigenvalue weighted by Crippen LogP contribution is -2.36. The van der Waals surface area contributed by atoms with E-state index in [0.717, 1.165) is 7.05 Å². The van der Waals surface area contributed by atoms with Crippen LogP contribution in [0.1, 0.15) is 64.6 Å². The van der Waals surface area contributed by atoms with Crippen molar-refractivity contribution in [1.29, 1.82) is 0 Å². The summed E-state index contributed by atoms with van der Waals surface area (Å²) in [5.41, 5.74) is -8.43. The molecule has 2 N–H and O–H groups in total. The highest BCUT2D eigenvalue weighted by atomic mass is 35.5. The van der Waals surface area contributed by atoms with Crippen molar-refractivity contribution in [2.24, 2.45) is 7.05 Å². The minimum atomic E-state index is -5.25. The summed E-state index contributed by atoms with van der Waals surface area (Å²) in [6.45, 7) is 3.31. The molecule has 2 aromatic rings. The lowest BCUT2D eigenvalue weighted by atomic mass is 9.84. The van der Waals surface area contributed by atoms with E-state index in [0.29, 0.717) is 6.07 Å². The third kappa shape index (κ3) is 4.22. The fraction of sp³-hybridized carbons (Fsp3) is 0.368. The minimum absolute atomic E-state index is 0.104. The average molecular weight is 462 g/mol. The molecule has 168 valence electrons. The van der Waals surface area contributed by atoms with Crippen LogP contribution in [0, 0.1) is 0 Å². The van der Waals surface area contributed by atoms with Crippen LogP contribution in [0.25, 0.3) is 11.1 Å². The summed E-state index contributed by atoms with van der Waals surface area (Å²) in [5.74, 6) is -4.23. The quantitative estimate of drug-likeness (QED) is 0.678. The first-order chi connectivity index (χ1) is 14.3. The number of benzene rings is 1. The number of nitrogens with zero attached hydrogens (tertiary/aromatic N) is 1. The molecule has 1 aromatic heterocycles. The number of rotatable bonds is 6. The van der Waals surface area contributed by atoms with Gasteiger partial charge < -0.3 is 15.0 Å². The Hall–Kier alpha value is -3.08. The van der Waals surface area contributed by atoms with Gasteiger partial charge in [-0.15, -0.1) is 0 Å². The minimum Gasteiger partial charge on any atom is -0.545 e. The van der Waals surface area contributed by atoms with Gasteiger partial charge in [0.2, 0.25) is 0 Å². The van der Waals surface area contributed by atoms with E-state index in [-0.39, 0.29) is 23.0 Å². The molecule has 0 radical (unpaired) electrons. The molecule has 0 amide bonds. The maximum atomic E-state index is 13.8. The molecule has 0 atom stereocenters. The fourth-order valence-corrected chi connectivity index (χ4v) is 3.92. The molecule has 1 aromatic carbocycles. The summed E-state index contributed by atoms with van der Waals surface area (Å²) in [7, 11) is 0.739. The predicted molar refractivity (Wildman–Crippen MR) is 102 cm³/mol. The molecule has 0 spiro atoms. The van der Waals surface area contributed by atoms with Crippen molar-refractivity contribution in [3.05, 3.63) is 54.3 Å². The monoisotopic (exact) mass is 461 g/mol.